The summed E-state index contributed by atoms with van der Waals surface area (Å²) in [5, 5.41) is 9.97. The topological polar surface area (TPSA) is 104 Å². The first-order valence-electron chi connectivity index (χ1n) is 9.31. The van der Waals surface area contributed by atoms with Crippen LogP contribution in [-0.4, -0.2) is 72.9 Å². The first-order chi connectivity index (χ1) is 14.3. The molecule has 1 amide bonds. The number of nitrogens with one attached hydrogen (secondary N) is 1. The maximum atomic E-state index is 12.6. The molecule has 0 radical (unpaired) electrons. The fourth-order valence-corrected chi connectivity index (χ4v) is 4.08. The molecule has 1 N–H and O–H groups in total. The third-order valence-corrected chi connectivity index (χ3v) is 5.72. The van der Waals surface area contributed by atoms with E-state index in [4.69, 9.17) is 0 Å². The number of fused-ring (bicyclic) bond motifs is 3. The molecule has 0 saturated carbocycles. The number of hydrogen-bond donors (Lipinski definition) is 1. The maximum Gasteiger partial charge on any atom is 0.233 e. The number of aromatic nitrogens is 6. The van der Waals surface area contributed by atoms with E-state index in [-0.39, 0.29) is 11.7 Å². The smallest absolute Gasteiger partial charge is 0.233 e. The normalized spacial score (nSPS) is 14.6. The Bertz CT molecular complexity index is 1160. The van der Waals surface area contributed by atoms with E-state index in [2.05, 4.69) is 35.0 Å². The number of nitrogens with zero attached hydrogens (tertiary/aromatic N) is 7. The minimum absolute atomic E-state index is 0.0731. The zero-order valence-corrected chi connectivity index (χ0v) is 16.3. The highest BCUT2D eigenvalue weighted by Crippen LogP contribution is 2.23. The number of carbonyl (C=O) groups excluding carboxylic acids is 1. The van der Waals surface area contributed by atoms with Crippen LogP contribution in [0.3, 0.4) is 0 Å². The Kier molecular flexibility index (Phi) is 4.68. The number of H-pyrrole nitrogens is 1. The van der Waals surface area contributed by atoms with Crippen molar-refractivity contribution in [2.45, 2.75) is 5.16 Å². The molecule has 0 bridgehead atoms. The number of rotatable bonds is 4. The van der Waals surface area contributed by atoms with Gasteiger partial charge in [-0.05, 0) is 12.1 Å². The second kappa shape index (κ2) is 7.63. The molecule has 1 fully saturated rings. The second-order valence-corrected chi connectivity index (χ2v) is 7.61. The number of carbonyl (C=O) groups is 1. The molecule has 29 heavy (non-hydrogen) atoms. The molecule has 0 aliphatic carbocycles. The predicted molar refractivity (Wildman–Crippen MR) is 111 cm³/mol. The molecule has 4 aromatic rings. The SMILES string of the molecule is O=C(CSc1nnc2c(n1)[nH]c1ccccc12)N1CCN(c2ncccn2)CC1. The lowest BCUT2D eigenvalue weighted by Crippen LogP contribution is -2.49. The lowest BCUT2D eigenvalue weighted by atomic mass is 10.2. The molecule has 9 nitrogen and oxygen atoms in total. The highest BCUT2D eigenvalue weighted by Gasteiger charge is 2.22. The number of anilines is 1. The van der Waals surface area contributed by atoms with Crippen LogP contribution in [-0.2, 0) is 4.79 Å². The average molecular weight is 406 g/mol. The van der Waals surface area contributed by atoms with Crippen molar-refractivity contribution in [2.24, 2.45) is 0 Å². The van der Waals surface area contributed by atoms with Crippen molar-refractivity contribution in [3.05, 3.63) is 42.7 Å². The first-order valence-corrected chi connectivity index (χ1v) is 10.3. The van der Waals surface area contributed by atoms with Crippen molar-refractivity contribution in [3.63, 3.8) is 0 Å². The first kappa shape index (κ1) is 17.8. The molecule has 10 heteroatoms. The molecule has 0 unspecified atom stereocenters. The van der Waals surface area contributed by atoms with Crippen LogP contribution in [0.4, 0.5) is 5.95 Å². The van der Waals surface area contributed by atoms with Crippen LogP contribution < -0.4 is 4.90 Å². The Morgan fingerprint density at radius 2 is 1.83 bits per heavy atom. The summed E-state index contributed by atoms with van der Waals surface area (Å²) >= 11 is 1.31. The van der Waals surface area contributed by atoms with Gasteiger partial charge in [-0.25, -0.2) is 15.0 Å². The van der Waals surface area contributed by atoms with E-state index in [9.17, 15) is 4.79 Å². The summed E-state index contributed by atoms with van der Waals surface area (Å²) in [5.41, 5.74) is 2.41. The number of hydrogen-bond acceptors (Lipinski definition) is 8. The molecule has 1 aliphatic rings. The molecule has 4 heterocycles. The zero-order chi connectivity index (χ0) is 19.6. The molecule has 3 aromatic heterocycles. The second-order valence-electron chi connectivity index (χ2n) is 6.67. The van der Waals surface area contributed by atoms with Crippen LogP contribution >= 0.6 is 11.8 Å². The van der Waals surface area contributed by atoms with Crippen LogP contribution in [0.25, 0.3) is 22.1 Å². The summed E-state index contributed by atoms with van der Waals surface area (Å²) < 4.78 is 0. The minimum atomic E-state index is 0.0731. The Morgan fingerprint density at radius 3 is 2.66 bits per heavy atom. The minimum Gasteiger partial charge on any atom is -0.338 e. The largest absolute Gasteiger partial charge is 0.338 e. The van der Waals surface area contributed by atoms with E-state index < -0.39 is 0 Å². The number of amides is 1. The van der Waals surface area contributed by atoms with Crippen molar-refractivity contribution in [1.82, 2.24) is 35.0 Å². The summed E-state index contributed by atoms with van der Waals surface area (Å²) in [6, 6.07) is 9.69. The third-order valence-electron chi connectivity index (χ3n) is 4.89. The van der Waals surface area contributed by atoms with Gasteiger partial charge in [0.05, 0.1) is 5.75 Å². The van der Waals surface area contributed by atoms with Crippen molar-refractivity contribution in [3.8, 4) is 0 Å². The summed E-state index contributed by atoms with van der Waals surface area (Å²) in [6.07, 6.45) is 3.46. The number of piperazine rings is 1. The zero-order valence-electron chi connectivity index (χ0n) is 15.5. The van der Waals surface area contributed by atoms with E-state index in [1.807, 2.05) is 29.2 Å². The van der Waals surface area contributed by atoms with Crippen LogP contribution in [0.2, 0.25) is 0 Å². The van der Waals surface area contributed by atoms with Crippen LogP contribution in [0.1, 0.15) is 0 Å². The molecule has 146 valence electrons. The highest BCUT2D eigenvalue weighted by atomic mass is 32.2. The number of aromatic amines is 1. The predicted octanol–water partition coefficient (Wildman–Crippen LogP) is 1.74. The molecule has 5 rings (SSSR count). The van der Waals surface area contributed by atoms with Crippen LogP contribution in [0, 0.1) is 0 Å². The standard InChI is InChI=1S/C19H18N8OS/c28-15(26-8-10-27(11-9-26)18-20-6-3-7-21-18)12-29-19-23-17-16(24-25-19)13-4-1-2-5-14(13)22-17/h1-7H,8-12H2,(H,22,23,25). The van der Waals surface area contributed by atoms with Crippen molar-refractivity contribution >= 4 is 45.7 Å². The fourth-order valence-electron chi connectivity index (χ4n) is 3.39. The molecule has 1 aliphatic heterocycles. The lowest BCUT2D eigenvalue weighted by molar-refractivity contribution is -0.128. The number of para-hydroxylation sites is 1. The fraction of sp³-hybridized carbons (Fsp3) is 0.263. The van der Waals surface area contributed by atoms with Gasteiger partial charge in [0.1, 0.15) is 5.52 Å². The molecule has 1 aromatic carbocycles. The Balaban J connectivity index is 1.20. The molecule has 0 atom stereocenters. The Hall–Kier alpha value is -3.27. The summed E-state index contributed by atoms with van der Waals surface area (Å²) in [4.78, 5) is 32.9. The van der Waals surface area contributed by atoms with Crippen molar-refractivity contribution < 1.29 is 4.79 Å². The van der Waals surface area contributed by atoms with Crippen LogP contribution in [0.5, 0.6) is 0 Å². The van der Waals surface area contributed by atoms with Gasteiger partial charge >= 0.3 is 0 Å². The Morgan fingerprint density at radius 1 is 1.03 bits per heavy atom. The third kappa shape index (κ3) is 3.58. The van der Waals surface area contributed by atoms with E-state index in [0.29, 0.717) is 29.8 Å². The van der Waals surface area contributed by atoms with E-state index in [1.54, 1.807) is 18.5 Å². The summed E-state index contributed by atoms with van der Waals surface area (Å²) in [5.74, 6) is 1.07. The van der Waals surface area contributed by atoms with Crippen molar-refractivity contribution in [1.29, 1.82) is 0 Å². The van der Waals surface area contributed by atoms with Gasteiger partial charge in [0.15, 0.2) is 5.65 Å². The van der Waals surface area contributed by atoms with E-state index >= 15 is 0 Å². The summed E-state index contributed by atoms with van der Waals surface area (Å²) in [7, 11) is 0. The quantitative estimate of drug-likeness (QED) is 0.511. The average Bonchev–Trinajstić information content (AvgIpc) is 3.16. The number of benzene rings is 1. The lowest BCUT2D eigenvalue weighted by Gasteiger charge is -2.34. The van der Waals surface area contributed by atoms with Gasteiger partial charge in [0.25, 0.3) is 0 Å². The van der Waals surface area contributed by atoms with Gasteiger partial charge in [-0.2, -0.15) is 0 Å². The molecule has 0 spiro atoms. The van der Waals surface area contributed by atoms with E-state index in [1.165, 1.54) is 11.8 Å². The van der Waals surface area contributed by atoms with Gasteiger partial charge in [0, 0.05) is 49.5 Å². The maximum absolute atomic E-state index is 12.6. The Labute approximate surface area is 170 Å². The van der Waals surface area contributed by atoms with Gasteiger partial charge in [-0.3, -0.25) is 4.79 Å². The number of thioether (sulfide) groups is 1. The monoisotopic (exact) mass is 406 g/mol. The summed E-state index contributed by atoms with van der Waals surface area (Å²) in [6.45, 7) is 2.74. The molecular formula is C19H18N8OS. The van der Waals surface area contributed by atoms with Gasteiger partial charge in [0.2, 0.25) is 17.0 Å². The van der Waals surface area contributed by atoms with Crippen LogP contribution in [0.15, 0.2) is 47.9 Å². The van der Waals surface area contributed by atoms with Gasteiger partial charge < -0.3 is 14.8 Å². The van der Waals surface area contributed by atoms with Gasteiger partial charge in [-0.1, -0.05) is 30.0 Å². The molecule has 1 saturated heterocycles. The van der Waals surface area contributed by atoms with Crippen molar-refractivity contribution in [2.75, 3.05) is 36.8 Å². The van der Waals surface area contributed by atoms with E-state index in [0.717, 1.165) is 29.5 Å². The highest BCUT2D eigenvalue weighted by molar-refractivity contribution is 7.99. The van der Waals surface area contributed by atoms with Gasteiger partial charge in [-0.15, -0.1) is 10.2 Å². The molecular weight excluding hydrogens is 388 g/mol.